The number of azo groups is 1. The number of hydrogen-bond acceptors (Lipinski definition) is 9. The van der Waals surface area contributed by atoms with Gasteiger partial charge in [-0.3, -0.25) is 9.59 Å². The summed E-state index contributed by atoms with van der Waals surface area (Å²) >= 11 is 3.34. The monoisotopic (exact) mass is 499 g/mol. The standard InChI is InChI=1S/C21H22BrN7O3/c1-21(2,3)17-19(32)29(23)20(26-24-17)27-25-18(31)14-8-10-28(11-9-14)12-16(30)13-4-6-15(22)7-5-13/h4-11,31H,12,23H2,1-3H3. The van der Waals surface area contributed by atoms with Crippen molar-refractivity contribution >= 4 is 27.7 Å². The second-order valence-electron chi connectivity index (χ2n) is 7.99. The number of nitrogens with two attached hydrogens (primary N) is 1. The predicted octanol–water partition coefficient (Wildman–Crippen LogP) is 3.49. The van der Waals surface area contributed by atoms with Crippen LogP contribution in [0.15, 0.2) is 79.8 Å². The third-order valence-electron chi connectivity index (χ3n) is 4.46. The minimum absolute atomic E-state index is 0.0543. The van der Waals surface area contributed by atoms with Gasteiger partial charge in [0.2, 0.25) is 5.88 Å². The summed E-state index contributed by atoms with van der Waals surface area (Å²) in [7, 11) is 0. The van der Waals surface area contributed by atoms with E-state index in [0.29, 0.717) is 11.1 Å². The molecule has 166 valence electrons. The van der Waals surface area contributed by atoms with Gasteiger partial charge in [-0.15, -0.1) is 20.4 Å². The molecular weight excluding hydrogens is 478 g/mol. The highest BCUT2D eigenvalue weighted by molar-refractivity contribution is 9.10. The number of nitrogen functional groups attached to an aromatic ring is 1. The number of carbonyl (C=O) groups excluding carboxylic acids is 1. The Bertz CT molecular complexity index is 1190. The zero-order valence-electron chi connectivity index (χ0n) is 17.7. The summed E-state index contributed by atoms with van der Waals surface area (Å²) in [6, 6.07) is 7.10. The largest absolute Gasteiger partial charge is 0.492 e. The number of aliphatic hydroxyl groups is 1. The predicted molar refractivity (Wildman–Crippen MR) is 123 cm³/mol. The number of aromatic nitrogens is 3. The van der Waals surface area contributed by atoms with Gasteiger partial charge < -0.3 is 15.8 Å². The Hall–Kier alpha value is -3.60. The molecule has 0 unspecified atom stereocenters. The Balaban J connectivity index is 1.70. The molecule has 0 saturated heterocycles. The van der Waals surface area contributed by atoms with E-state index in [1.54, 1.807) is 53.7 Å². The Morgan fingerprint density at radius 3 is 2.38 bits per heavy atom. The molecule has 2 aromatic rings. The molecule has 0 aliphatic carbocycles. The summed E-state index contributed by atoms with van der Waals surface area (Å²) in [6.45, 7) is 5.58. The van der Waals surface area contributed by atoms with Crippen LogP contribution in [0.2, 0.25) is 0 Å². The lowest BCUT2D eigenvalue weighted by molar-refractivity contribution is 0.0969. The van der Waals surface area contributed by atoms with Crippen LogP contribution in [-0.4, -0.2) is 37.2 Å². The van der Waals surface area contributed by atoms with Crippen LogP contribution in [0.3, 0.4) is 0 Å². The minimum Gasteiger partial charge on any atom is -0.492 e. The first-order valence-corrected chi connectivity index (χ1v) is 10.4. The number of rotatable bonds is 5. The number of hydrogen-bond donors (Lipinski definition) is 2. The zero-order valence-corrected chi connectivity index (χ0v) is 19.3. The fourth-order valence-electron chi connectivity index (χ4n) is 2.68. The fraction of sp³-hybridized carbons (Fsp3) is 0.238. The highest BCUT2D eigenvalue weighted by Crippen LogP contribution is 2.18. The second-order valence-corrected chi connectivity index (χ2v) is 8.90. The number of benzene rings is 1. The molecular formula is C21H22BrN7O3. The summed E-state index contributed by atoms with van der Waals surface area (Å²) in [5, 5.41) is 25.3. The molecule has 2 heterocycles. The lowest BCUT2D eigenvalue weighted by Crippen LogP contribution is -2.36. The zero-order chi connectivity index (χ0) is 23.5. The maximum absolute atomic E-state index is 12.4. The Labute approximate surface area is 192 Å². The van der Waals surface area contributed by atoms with Gasteiger partial charge in [0.15, 0.2) is 5.78 Å². The molecule has 0 fully saturated rings. The van der Waals surface area contributed by atoms with Gasteiger partial charge in [0.1, 0.15) is 5.69 Å². The SMILES string of the molecule is CC(C)(C)c1nnc(N=NC(O)=C2C=CN(CC(=O)c3ccc(Br)cc3)C=C2)n(N)c1=O. The molecule has 1 aliphatic heterocycles. The average Bonchev–Trinajstić information content (AvgIpc) is 2.74. The van der Waals surface area contributed by atoms with Crippen LogP contribution in [0.1, 0.15) is 36.8 Å². The molecule has 1 aliphatic rings. The van der Waals surface area contributed by atoms with E-state index in [4.69, 9.17) is 5.84 Å². The molecule has 10 nitrogen and oxygen atoms in total. The van der Waals surface area contributed by atoms with Crippen molar-refractivity contribution < 1.29 is 9.90 Å². The molecule has 0 saturated carbocycles. The number of ketones is 1. The highest BCUT2D eigenvalue weighted by atomic mass is 79.9. The smallest absolute Gasteiger partial charge is 0.296 e. The molecule has 1 aromatic heterocycles. The molecule has 0 amide bonds. The number of allylic oxidation sites excluding steroid dienone is 3. The molecule has 0 spiro atoms. The van der Waals surface area contributed by atoms with Crippen LogP contribution >= 0.6 is 15.9 Å². The maximum Gasteiger partial charge on any atom is 0.296 e. The molecule has 11 heteroatoms. The third kappa shape index (κ3) is 5.35. The number of nitrogens with zero attached hydrogens (tertiary/aromatic N) is 6. The first-order chi connectivity index (χ1) is 15.1. The number of carbonyl (C=O) groups is 1. The van der Waals surface area contributed by atoms with Crippen molar-refractivity contribution in [2.75, 3.05) is 12.4 Å². The van der Waals surface area contributed by atoms with E-state index in [-0.39, 0.29) is 24.0 Å². The molecule has 0 bridgehead atoms. The van der Waals surface area contributed by atoms with Crippen molar-refractivity contribution in [1.82, 2.24) is 19.8 Å². The lowest BCUT2D eigenvalue weighted by atomic mass is 9.93. The van der Waals surface area contributed by atoms with E-state index in [1.165, 1.54) is 0 Å². The maximum atomic E-state index is 12.4. The van der Waals surface area contributed by atoms with Gasteiger partial charge in [0, 0.05) is 33.4 Å². The first kappa shape index (κ1) is 23.1. The van der Waals surface area contributed by atoms with Crippen molar-refractivity contribution in [3.05, 3.63) is 86.4 Å². The van der Waals surface area contributed by atoms with Crippen molar-refractivity contribution in [1.29, 1.82) is 0 Å². The number of halogens is 1. The average molecular weight is 500 g/mol. The van der Waals surface area contributed by atoms with Crippen LogP contribution in [-0.2, 0) is 5.41 Å². The Morgan fingerprint density at radius 1 is 1.16 bits per heavy atom. The van der Waals surface area contributed by atoms with Crippen molar-refractivity contribution in [3.63, 3.8) is 0 Å². The van der Waals surface area contributed by atoms with Crippen LogP contribution < -0.4 is 11.4 Å². The molecule has 0 atom stereocenters. The van der Waals surface area contributed by atoms with Crippen molar-refractivity contribution in [2.24, 2.45) is 10.2 Å². The summed E-state index contributed by atoms with van der Waals surface area (Å²) < 4.78 is 1.63. The van der Waals surface area contributed by atoms with E-state index in [0.717, 1.165) is 9.15 Å². The van der Waals surface area contributed by atoms with Gasteiger partial charge in [0.05, 0.1) is 6.54 Å². The van der Waals surface area contributed by atoms with Crippen molar-refractivity contribution in [2.45, 2.75) is 26.2 Å². The Morgan fingerprint density at radius 2 is 1.78 bits per heavy atom. The van der Waals surface area contributed by atoms with Gasteiger partial charge in [0.25, 0.3) is 11.5 Å². The summed E-state index contributed by atoms with van der Waals surface area (Å²) in [5.41, 5.74) is 0.0630. The van der Waals surface area contributed by atoms with Gasteiger partial charge in [-0.05, 0) is 24.3 Å². The molecule has 0 radical (unpaired) electrons. The quantitative estimate of drug-likeness (QED) is 0.277. The highest BCUT2D eigenvalue weighted by Gasteiger charge is 2.22. The van der Waals surface area contributed by atoms with Crippen LogP contribution in [0, 0.1) is 0 Å². The van der Waals surface area contributed by atoms with E-state index in [9.17, 15) is 14.7 Å². The normalized spacial score (nSPS) is 13.8. The van der Waals surface area contributed by atoms with Crippen molar-refractivity contribution in [3.8, 4) is 0 Å². The van der Waals surface area contributed by atoms with Gasteiger partial charge in [-0.25, -0.2) is 0 Å². The van der Waals surface area contributed by atoms with Gasteiger partial charge >= 0.3 is 0 Å². The van der Waals surface area contributed by atoms with Crippen LogP contribution in [0.4, 0.5) is 5.95 Å². The number of Topliss-reactive ketones (excluding diaryl/α,β-unsaturated/α-hetero) is 1. The number of aliphatic hydroxyl groups excluding tert-OH is 1. The lowest BCUT2D eigenvalue weighted by Gasteiger charge is -2.18. The first-order valence-electron chi connectivity index (χ1n) is 9.57. The minimum atomic E-state index is -0.544. The van der Waals surface area contributed by atoms with Gasteiger partial charge in [-0.1, -0.05) is 48.8 Å². The van der Waals surface area contributed by atoms with Gasteiger partial charge in [-0.2, -0.15) is 4.68 Å². The fourth-order valence-corrected chi connectivity index (χ4v) is 2.95. The summed E-state index contributed by atoms with van der Waals surface area (Å²) in [6.07, 6.45) is 6.42. The molecule has 3 N–H and O–H groups in total. The molecule has 32 heavy (non-hydrogen) atoms. The molecule has 1 aromatic carbocycles. The third-order valence-corrected chi connectivity index (χ3v) is 4.99. The second kappa shape index (κ2) is 9.27. The summed E-state index contributed by atoms with van der Waals surface area (Å²) in [5.74, 6) is 5.03. The van der Waals surface area contributed by atoms with Crippen LogP contribution in [0.25, 0.3) is 0 Å². The van der Waals surface area contributed by atoms with E-state index in [2.05, 4.69) is 36.4 Å². The topological polar surface area (TPSA) is 139 Å². The van der Waals surface area contributed by atoms with E-state index < -0.39 is 16.9 Å². The van der Waals surface area contributed by atoms with E-state index in [1.807, 2.05) is 20.8 Å². The van der Waals surface area contributed by atoms with Crippen LogP contribution in [0.5, 0.6) is 0 Å². The summed E-state index contributed by atoms with van der Waals surface area (Å²) in [4.78, 5) is 26.4. The Kier molecular flexibility index (Phi) is 6.68. The molecule has 3 rings (SSSR count). The van der Waals surface area contributed by atoms with E-state index >= 15 is 0 Å².